The van der Waals surface area contributed by atoms with Gasteiger partial charge in [0.1, 0.15) is 19.3 Å². The van der Waals surface area contributed by atoms with Crippen LogP contribution in [0.25, 0.3) is 0 Å². The Morgan fingerprint density at radius 3 is 0.772 bits per heavy atom. The molecule has 0 aromatic rings. The third-order valence-electron chi connectivity index (χ3n) is 17.2. The van der Waals surface area contributed by atoms with Crippen molar-refractivity contribution < 1.29 is 80.2 Å². The molecule has 0 aliphatic heterocycles. The Morgan fingerprint density at radius 1 is 0.304 bits per heavy atom. The highest BCUT2D eigenvalue weighted by atomic mass is 31.2. The predicted octanol–water partition coefficient (Wildman–Crippen LogP) is 20.9. The highest BCUT2D eigenvalue weighted by Gasteiger charge is 2.30. The van der Waals surface area contributed by atoms with Gasteiger partial charge in [-0.05, 0) is 49.4 Å². The van der Waals surface area contributed by atoms with Gasteiger partial charge in [-0.3, -0.25) is 37.3 Å². The number of hydrogen-bond donors (Lipinski definition) is 3. The second kappa shape index (κ2) is 62.6. The number of carbonyl (C=O) groups is 4. The quantitative estimate of drug-likeness (QED) is 0.0222. The van der Waals surface area contributed by atoms with E-state index in [1.165, 1.54) is 161 Å². The normalized spacial score (nSPS) is 14.5. The third kappa shape index (κ3) is 65.4. The number of esters is 4. The number of aliphatic hydroxyl groups excluding tert-OH is 1. The van der Waals surface area contributed by atoms with Gasteiger partial charge >= 0.3 is 39.5 Å². The molecule has 0 rings (SSSR count). The highest BCUT2D eigenvalue weighted by molar-refractivity contribution is 7.47. The molecule has 0 aromatic carbocycles. The van der Waals surface area contributed by atoms with Crippen LogP contribution in [-0.2, 0) is 65.4 Å². The number of carbonyl (C=O) groups excluding carboxylic acids is 4. The number of aliphatic hydroxyl groups is 1. The van der Waals surface area contributed by atoms with Crippen LogP contribution in [0.4, 0.5) is 0 Å². The van der Waals surface area contributed by atoms with Gasteiger partial charge in [0.25, 0.3) is 0 Å². The summed E-state index contributed by atoms with van der Waals surface area (Å²) >= 11 is 0. The SMILES string of the molecule is CCC(C)CCCCCCCCCCCCCCCCC(=O)O[C@H](COC(=O)CCCCCCCCCCCCCCC(C)C)COP(=O)(O)OC[C@@H](O)COP(=O)(O)OC[C@@H](COC(=O)CCCCCCCCC(C)C)OC(=O)CCCCCCCCCC(C)C. The fraction of sp³-hybridized carbons (Fsp3) is 0.945. The molecule has 92 heavy (non-hydrogen) atoms. The summed E-state index contributed by atoms with van der Waals surface area (Å²) in [5, 5.41) is 10.6. The molecule has 0 heterocycles. The molecular formula is C73H142O17P2. The number of ether oxygens (including phenoxy) is 4. The van der Waals surface area contributed by atoms with Gasteiger partial charge in [-0.1, -0.05) is 312 Å². The van der Waals surface area contributed by atoms with E-state index < -0.39 is 97.5 Å². The highest BCUT2D eigenvalue weighted by Crippen LogP contribution is 2.45. The second-order valence-corrected chi connectivity index (χ2v) is 30.9. The van der Waals surface area contributed by atoms with Crippen molar-refractivity contribution in [2.75, 3.05) is 39.6 Å². The zero-order chi connectivity index (χ0) is 68.2. The molecule has 3 unspecified atom stereocenters. The molecular weight excluding hydrogens is 1210 g/mol. The summed E-state index contributed by atoms with van der Waals surface area (Å²) in [5.41, 5.74) is 0. The van der Waals surface area contributed by atoms with Crippen molar-refractivity contribution in [1.29, 1.82) is 0 Å². The molecule has 0 spiro atoms. The van der Waals surface area contributed by atoms with Crippen molar-refractivity contribution in [3.05, 3.63) is 0 Å². The first-order valence-corrected chi connectivity index (χ1v) is 40.7. The maximum absolute atomic E-state index is 13.1. The third-order valence-corrected chi connectivity index (χ3v) is 19.1. The zero-order valence-electron chi connectivity index (χ0n) is 60.2. The van der Waals surface area contributed by atoms with Crippen LogP contribution in [0.15, 0.2) is 0 Å². The van der Waals surface area contributed by atoms with Crippen molar-refractivity contribution in [2.24, 2.45) is 23.7 Å². The molecule has 17 nitrogen and oxygen atoms in total. The van der Waals surface area contributed by atoms with Gasteiger partial charge in [-0.2, -0.15) is 0 Å². The van der Waals surface area contributed by atoms with Crippen LogP contribution in [0.3, 0.4) is 0 Å². The first-order valence-electron chi connectivity index (χ1n) is 37.7. The van der Waals surface area contributed by atoms with Gasteiger partial charge in [0.15, 0.2) is 12.2 Å². The number of rotatable bonds is 70. The summed E-state index contributed by atoms with van der Waals surface area (Å²) in [6, 6.07) is 0. The van der Waals surface area contributed by atoms with Crippen molar-refractivity contribution in [3.63, 3.8) is 0 Å². The Balaban J connectivity index is 5.23. The van der Waals surface area contributed by atoms with Crippen molar-refractivity contribution in [3.8, 4) is 0 Å². The molecule has 0 radical (unpaired) electrons. The van der Waals surface area contributed by atoms with Crippen LogP contribution in [0, 0.1) is 23.7 Å². The van der Waals surface area contributed by atoms with E-state index in [0.717, 1.165) is 108 Å². The summed E-state index contributed by atoms with van der Waals surface area (Å²) in [6.07, 6.45) is 46.0. The zero-order valence-corrected chi connectivity index (χ0v) is 62.0. The Hall–Kier alpha value is -1.94. The minimum atomic E-state index is -4.96. The lowest BCUT2D eigenvalue weighted by Crippen LogP contribution is -2.30. The van der Waals surface area contributed by atoms with Crippen LogP contribution in [0.1, 0.15) is 364 Å². The number of unbranched alkanes of at least 4 members (excludes halogenated alkanes) is 35. The van der Waals surface area contributed by atoms with Gasteiger partial charge in [-0.15, -0.1) is 0 Å². The predicted molar refractivity (Wildman–Crippen MR) is 372 cm³/mol. The minimum Gasteiger partial charge on any atom is -0.462 e. The minimum absolute atomic E-state index is 0.102. The number of phosphoric ester groups is 2. The molecule has 0 amide bonds. The van der Waals surface area contributed by atoms with E-state index in [9.17, 15) is 43.2 Å². The second-order valence-electron chi connectivity index (χ2n) is 28.0. The van der Waals surface area contributed by atoms with E-state index in [2.05, 4.69) is 55.4 Å². The lowest BCUT2D eigenvalue weighted by atomic mass is 9.99. The number of hydrogen-bond acceptors (Lipinski definition) is 15. The Labute approximate surface area is 562 Å². The largest absolute Gasteiger partial charge is 0.472 e. The van der Waals surface area contributed by atoms with E-state index in [0.29, 0.717) is 37.5 Å². The average molecular weight is 1350 g/mol. The van der Waals surface area contributed by atoms with E-state index >= 15 is 0 Å². The molecule has 19 heteroatoms. The van der Waals surface area contributed by atoms with Crippen molar-refractivity contribution in [1.82, 2.24) is 0 Å². The first kappa shape index (κ1) is 90.1. The molecule has 0 aromatic heterocycles. The molecule has 3 N–H and O–H groups in total. The van der Waals surface area contributed by atoms with Gasteiger partial charge in [-0.25, -0.2) is 9.13 Å². The fourth-order valence-corrected chi connectivity index (χ4v) is 12.6. The van der Waals surface area contributed by atoms with Crippen LogP contribution in [-0.4, -0.2) is 96.7 Å². The van der Waals surface area contributed by atoms with Crippen LogP contribution in [0.5, 0.6) is 0 Å². The molecule has 0 saturated carbocycles. The lowest BCUT2D eigenvalue weighted by molar-refractivity contribution is -0.161. The maximum Gasteiger partial charge on any atom is 0.472 e. The van der Waals surface area contributed by atoms with E-state index in [1.807, 2.05) is 0 Å². The van der Waals surface area contributed by atoms with Gasteiger partial charge in [0.2, 0.25) is 0 Å². The summed E-state index contributed by atoms with van der Waals surface area (Å²) in [7, 11) is -9.91. The lowest BCUT2D eigenvalue weighted by Gasteiger charge is -2.21. The molecule has 546 valence electrons. The molecule has 0 aliphatic carbocycles. The first-order chi connectivity index (χ1) is 44.1. The van der Waals surface area contributed by atoms with Gasteiger partial charge < -0.3 is 33.8 Å². The number of phosphoric acid groups is 2. The fourth-order valence-electron chi connectivity index (χ4n) is 11.0. The van der Waals surface area contributed by atoms with Crippen molar-refractivity contribution in [2.45, 2.75) is 382 Å². The smallest absolute Gasteiger partial charge is 0.462 e. The van der Waals surface area contributed by atoms with Crippen molar-refractivity contribution >= 4 is 39.5 Å². The van der Waals surface area contributed by atoms with E-state index in [4.69, 9.17) is 37.0 Å². The van der Waals surface area contributed by atoms with Gasteiger partial charge in [0.05, 0.1) is 26.4 Å². The van der Waals surface area contributed by atoms with Crippen LogP contribution < -0.4 is 0 Å². The molecule has 6 atom stereocenters. The Morgan fingerprint density at radius 2 is 0.522 bits per heavy atom. The summed E-state index contributed by atoms with van der Waals surface area (Å²) < 4.78 is 68.3. The van der Waals surface area contributed by atoms with E-state index in [1.54, 1.807) is 0 Å². The molecule has 0 fully saturated rings. The topological polar surface area (TPSA) is 237 Å². The summed E-state index contributed by atoms with van der Waals surface area (Å²) in [4.78, 5) is 72.6. The average Bonchev–Trinajstić information content (AvgIpc) is 2.60. The standard InChI is InChI=1S/C73H142O17P2/c1-9-66(8)52-44-36-27-21-17-12-10-11-13-19-23-29-39-47-55-72(77)89-68(59-83-70(75)53-45-37-28-22-18-15-14-16-20-25-33-41-49-63(2)3)61-87-91(79,80)85-57-67(74)58-86-92(81,82)88-62-69(60-84-71(76)54-46-38-32-31-35-43-51-65(6)7)90-73(78)56-48-40-30-24-26-34-42-50-64(4)5/h63-69,74H,9-62H2,1-8H3,(H,79,80)(H,81,82)/t66?,67-,68-,69-/m1/s1. The maximum atomic E-state index is 13.1. The van der Waals surface area contributed by atoms with Crippen LogP contribution in [0.2, 0.25) is 0 Å². The van der Waals surface area contributed by atoms with E-state index in [-0.39, 0.29) is 25.7 Å². The Kier molecular flexibility index (Phi) is 61.3. The van der Waals surface area contributed by atoms with Gasteiger partial charge in [0, 0.05) is 25.7 Å². The molecule has 0 saturated heterocycles. The summed E-state index contributed by atoms with van der Waals surface area (Å²) in [5.74, 6) is 0.874. The van der Waals surface area contributed by atoms with Crippen LogP contribution >= 0.6 is 15.6 Å². The monoisotopic (exact) mass is 1350 g/mol. The Bertz CT molecular complexity index is 1820. The molecule has 0 aliphatic rings. The molecule has 0 bridgehead atoms. The summed E-state index contributed by atoms with van der Waals surface area (Å²) in [6.45, 7) is 14.1.